The zero-order chi connectivity index (χ0) is 13.1. The summed E-state index contributed by atoms with van der Waals surface area (Å²) in [4.78, 5) is 0. The van der Waals surface area contributed by atoms with Crippen LogP contribution >= 0.6 is 12.2 Å². The SMILES string of the molecule is Cc1cc(C)cc(NC(=S)NC2CCC(C)C2)c1. The van der Waals surface area contributed by atoms with Crippen LogP contribution in [0.4, 0.5) is 5.69 Å². The lowest BCUT2D eigenvalue weighted by molar-refractivity contribution is 0.572. The highest BCUT2D eigenvalue weighted by Crippen LogP contribution is 2.24. The Morgan fingerprint density at radius 3 is 2.39 bits per heavy atom. The van der Waals surface area contributed by atoms with Gasteiger partial charge in [0, 0.05) is 11.7 Å². The van der Waals surface area contributed by atoms with Crippen molar-refractivity contribution >= 4 is 23.0 Å². The number of aryl methyl sites for hydroxylation is 2. The van der Waals surface area contributed by atoms with Gasteiger partial charge in [-0.25, -0.2) is 0 Å². The molecule has 0 saturated heterocycles. The molecule has 18 heavy (non-hydrogen) atoms. The third-order valence-corrected chi connectivity index (χ3v) is 3.73. The van der Waals surface area contributed by atoms with Crippen LogP contribution < -0.4 is 10.6 Å². The molecule has 0 bridgehead atoms. The molecule has 2 atom stereocenters. The third kappa shape index (κ3) is 3.70. The quantitative estimate of drug-likeness (QED) is 0.793. The van der Waals surface area contributed by atoms with E-state index in [1.54, 1.807) is 0 Å². The van der Waals surface area contributed by atoms with Gasteiger partial charge in [0.05, 0.1) is 0 Å². The van der Waals surface area contributed by atoms with E-state index in [-0.39, 0.29) is 0 Å². The molecule has 1 aliphatic carbocycles. The van der Waals surface area contributed by atoms with Crippen LogP contribution in [0, 0.1) is 19.8 Å². The fraction of sp³-hybridized carbons (Fsp3) is 0.533. The first kappa shape index (κ1) is 13.3. The Kier molecular flexibility index (Phi) is 4.23. The molecule has 2 unspecified atom stereocenters. The first-order valence-corrected chi connectivity index (χ1v) is 7.09. The molecule has 2 rings (SSSR count). The average Bonchev–Trinajstić information content (AvgIpc) is 2.61. The first-order chi connectivity index (χ1) is 8.52. The van der Waals surface area contributed by atoms with Crippen LogP contribution in [0.2, 0.25) is 0 Å². The standard InChI is InChI=1S/C15H22N2S/c1-10-4-5-13(7-10)16-15(18)17-14-8-11(2)6-12(3)9-14/h6,8-10,13H,4-5,7H2,1-3H3,(H2,16,17,18). The predicted octanol–water partition coefficient (Wildman–Crippen LogP) is 3.78. The molecule has 1 fully saturated rings. The summed E-state index contributed by atoms with van der Waals surface area (Å²) in [5, 5.41) is 7.45. The largest absolute Gasteiger partial charge is 0.360 e. The fourth-order valence-electron chi connectivity index (χ4n) is 2.74. The molecular weight excluding hydrogens is 240 g/mol. The Hall–Kier alpha value is -1.09. The van der Waals surface area contributed by atoms with Crippen molar-refractivity contribution in [3.63, 3.8) is 0 Å². The summed E-state index contributed by atoms with van der Waals surface area (Å²) in [6, 6.07) is 6.96. The van der Waals surface area contributed by atoms with Gasteiger partial charge in [-0.05, 0) is 74.5 Å². The van der Waals surface area contributed by atoms with E-state index in [0.717, 1.165) is 16.7 Å². The Morgan fingerprint density at radius 1 is 1.17 bits per heavy atom. The smallest absolute Gasteiger partial charge is 0.170 e. The number of benzene rings is 1. The van der Waals surface area contributed by atoms with Crippen molar-refractivity contribution in [3.8, 4) is 0 Å². The summed E-state index contributed by atoms with van der Waals surface area (Å²) < 4.78 is 0. The Bertz CT molecular complexity index is 422. The number of hydrogen-bond acceptors (Lipinski definition) is 1. The van der Waals surface area contributed by atoms with Gasteiger partial charge in [0.15, 0.2) is 5.11 Å². The highest BCUT2D eigenvalue weighted by Gasteiger charge is 2.21. The minimum absolute atomic E-state index is 0.547. The van der Waals surface area contributed by atoms with Crippen molar-refractivity contribution < 1.29 is 0 Å². The molecule has 2 nitrogen and oxygen atoms in total. The summed E-state index contributed by atoms with van der Waals surface area (Å²) in [5.74, 6) is 0.825. The lowest BCUT2D eigenvalue weighted by Crippen LogP contribution is -2.36. The molecule has 2 N–H and O–H groups in total. The molecule has 1 saturated carbocycles. The number of thiocarbonyl (C=S) groups is 1. The van der Waals surface area contributed by atoms with Crippen LogP contribution in [-0.2, 0) is 0 Å². The number of hydrogen-bond donors (Lipinski definition) is 2. The van der Waals surface area contributed by atoms with Gasteiger partial charge in [0.25, 0.3) is 0 Å². The topological polar surface area (TPSA) is 24.1 Å². The van der Waals surface area contributed by atoms with Crippen molar-refractivity contribution in [3.05, 3.63) is 29.3 Å². The fourth-order valence-corrected chi connectivity index (χ4v) is 3.02. The van der Waals surface area contributed by atoms with Crippen LogP contribution in [0.25, 0.3) is 0 Å². The Labute approximate surface area is 115 Å². The first-order valence-electron chi connectivity index (χ1n) is 6.69. The second kappa shape index (κ2) is 5.70. The minimum atomic E-state index is 0.547. The van der Waals surface area contributed by atoms with Gasteiger partial charge in [-0.1, -0.05) is 13.0 Å². The average molecular weight is 262 g/mol. The van der Waals surface area contributed by atoms with Gasteiger partial charge >= 0.3 is 0 Å². The zero-order valence-electron chi connectivity index (χ0n) is 11.4. The van der Waals surface area contributed by atoms with E-state index >= 15 is 0 Å². The molecule has 0 aliphatic heterocycles. The molecular formula is C15H22N2S. The third-order valence-electron chi connectivity index (χ3n) is 3.51. The highest BCUT2D eigenvalue weighted by atomic mass is 32.1. The highest BCUT2D eigenvalue weighted by molar-refractivity contribution is 7.80. The molecule has 1 aliphatic rings. The molecule has 0 aromatic heterocycles. The van der Waals surface area contributed by atoms with E-state index in [4.69, 9.17) is 12.2 Å². The molecule has 0 heterocycles. The summed E-state index contributed by atoms with van der Waals surface area (Å²) in [6.45, 7) is 6.52. The van der Waals surface area contributed by atoms with Gasteiger partial charge in [0.1, 0.15) is 0 Å². The van der Waals surface area contributed by atoms with E-state index in [0.29, 0.717) is 6.04 Å². The van der Waals surface area contributed by atoms with Gasteiger partial charge in [-0.2, -0.15) is 0 Å². The van der Waals surface area contributed by atoms with Gasteiger partial charge < -0.3 is 10.6 Å². The monoisotopic (exact) mass is 262 g/mol. The molecule has 1 aromatic rings. The molecule has 0 amide bonds. The molecule has 0 spiro atoms. The van der Waals surface area contributed by atoms with E-state index in [2.05, 4.69) is 49.6 Å². The van der Waals surface area contributed by atoms with E-state index in [1.807, 2.05) is 0 Å². The van der Waals surface area contributed by atoms with Crippen LogP contribution in [0.15, 0.2) is 18.2 Å². The Morgan fingerprint density at radius 2 is 1.83 bits per heavy atom. The maximum absolute atomic E-state index is 5.38. The maximum atomic E-state index is 5.38. The minimum Gasteiger partial charge on any atom is -0.360 e. The summed E-state index contributed by atoms with van der Waals surface area (Å²) in [5.41, 5.74) is 3.60. The van der Waals surface area contributed by atoms with Gasteiger partial charge in [-0.15, -0.1) is 0 Å². The lowest BCUT2D eigenvalue weighted by Gasteiger charge is -2.16. The van der Waals surface area contributed by atoms with Crippen molar-refractivity contribution in [2.75, 3.05) is 5.32 Å². The van der Waals surface area contributed by atoms with Crippen LogP contribution in [0.5, 0.6) is 0 Å². The maximum Gasteiger partial charge on any atom is 0.170 e. The van der Waals surface area contributed by atoms with E-state index < -0.39 is 0 Å². The van der Waals surface area contributed by atoms with Crippen molar-refractivity contribution in [1.82, 2.24) is 5.32 Å². The van der Waals surface area contributed by atoms with Gasteiger partial charge in [-0.3, -0.25) is 0 Å². The number of rotatable bonds is 2. The normalized spacial score (nSPS) is 22.8. The van der Waals surface area contributed by atoms with Crippen molar-refractivity contribution in [1.29, 1.82) is 0 Å². The van der Waals surface area contributed by atoms with Crippen molar-refractivity contribution in [2.24, 2.45) is 5.92 Å². The Balaban J connectivity index is 1.90. The summed E-state index contributed by atoms with van der Waals surface area (Å²) in [6.07, 6.45) is 3.77. The zero-order valence-corrected chi connectivity index (χ0v) is 12.2. The van der Waals surface area contributed by atoms with E-state index in [9.17, 15) is 0 Å². The summed E-state index contributed by atoms with van der Waals surface area (Å²) in [7, 11) is 0. The number of anilines is 1. The lowest BCUT2D eigenvalue weighted by atomic mass is 10.1. The molecule has 3 heteroatoms. The second-order valence-electron chi connectivity index (χ2n) is 5.59. The summed E-state index contributed by atoms with van der Waals surface area (Å²) >= 11 is 5.38. The van der Waals surface area contributed by atoms with Crippen LogP contribution in [0.1, 0.15) is 37.3 Å². The van der Waals surface area contributed by atoms with Crippen LogP contribution in [0.3, 0.4) is 0 Å². The number of nitrogens with one attached hydrogen (secondary N) is 2. The molecule has 1 aromatic carbocycles. The molecule has 98 valence electrons. The predicted molar refractivity (Wildman–Crippen MR) is 82.1 cm³/mol. The van der Waals surface area contributed by atoms with Crippen molar-refractivity contribution in [2.45, 2.75) is 46.1 Å². The second-order valence-corrected chi connectivity index (χ2v) is 6.00. The van der Waals surface area contributed by atoms with Gasteiger partial charge in [0.2, 0.25) is 0 Å². The molecule has 0 radical (unpaired) electrons. The van der Waals surface area contributed by atoms with Crippen LogP contribution in [-0.4, -0.2) is 11.2 Å². The van der Waals surface area contributed by atoms with E-state index in [1.165, 1.54) is 30.4 Å².